The van der Waals surface area contributed by atoms with Gasteiger partial charge < -0.3 is 15.0 Å². The van der Waals surface area contributed by atoms with Crippen molar-refractivity contribution in [3.05, 3.63) is 41.0 Å². The van der Waals surface area contributed by atoms with Crippen molar-refractivity contribution in [3.8, 4) is 0 Å². The minimum atomic E-state index is -1.06. The molecule has 0 aliphatic heterocycles. The minimum absolute atomic E-state index is 0.0971. The van der Waals surface area contributed by atoms with Crippen molar-refractivity contribution in [2.24, 2.45) is 7.05 Å². The number of hydrogen-bond acceptors (Lipinski definition) is 3. The highest BCUT2D eigenvalue weighted by Crippen LogP contribution is 2.22. The molecule has 0 aliphatic carbocycles. The lowest BCUT2D eigenvalue weighted by molar-refractivity contribution is 0.0698. The Morgan fingerprint density at radius 3 is 2.84 bits per heavy atom. The second kappa shape index (κ2) is 5.57. The molecule has 7 heteroatoms. The molecule has 19 heavy (non-hydrogen) atoms. The molecule has 0 aliphatic rings. The number of thiophene rings is 1. The van der Waals surface area contributed by atoms with Crippen LogP contribution in [-0.4, -0.2) is 21.7 Å². The highest BCUT2D eigenvalue weighted by atomic mass is 32.1. The van der Waals surface area contributed by atoms with Crippen LogP contribution in [0.3, 0.4) is 0 Å². The third-order valence-corrected chi connectivity index (χ3v) is 3.30. The summed E-state index contributed by atoms with van der Waals surface area (Å²) in [6.45, 7) is 0.389. The van der Waals surface area contributed by atoms with Crippen molar-refractivity contribution in [2.45, 2.75) is 6.54 Å². The molecular formula is C12H13N3O3S. The van der Waals surface area contributed by atoms with Gasteiger partial charge in [0.2, 0.25) is 0 Å². The molecule has 0 radical (unpaired) electrons. The number of amides is 2. The Balaban J connectivity index is 1.90. The number of carbonyl (C=O) groups excluding carboxylic acids is 1. The summed E-state index contributed by atoms with van der Waals surface area (Å²) in [5.41, 5.74) is 1.07. The van der Waals surface area contributed by atoms with Crippen LogP contribution in [0.4, 0.5) is 9.80 Å². The molecular weight excluding hydrogens is 266 g/mol. The van der Waals surface area contributed by atoms with Gasteiger partial charge >= 0.3 is 12.0 Å². The highest BCUT2D eigenvalue weighted by molar-refractivity contribution is 7.14. The van der Waals surface area contributed by atoms with Crippen LogP contribution < -0.4 is 10.6 Å². The van der Waals surface area contributed by atoms with E-state index in [1.165, 1.54) is 17.4 Å². The molecule has 2 aromatic heterocycles. The number of hydrogen-bond donors (Lipinski definition) is 3. The molecule has 0 spiro atoms. The number of aryl methyl sites for hydroxylation is 1. The second-order valence-corrected chi connectivity index (χ2v) is 4.88. The largest absolute Gasteiger partial charge is 0.478 e. The van der Waals surface area contributed by atoms with Gasteiger partial charge in [-0.05, 0) is 23.1 Å². The number of nitrogens with one attached hydrogen (secondary N) is 2. The first kappa shape index (κ1) is 13.2. The monoisotopic (exact) mass is 279 g/mol. The lowest BCUT2D eigenvalue weighted by Crippen LogP contribution is -2.28. The van der Waals surface area contributed by atoms with E-state index in [9.17, 15) is 9.59 Å². The third-order valence-electron chi connectivity index (χ3n) is 2.47. The van der Waals surface area contributed by atoms with Crippen LogP contribution in [0.25, 0.3) is 0 Å². The lowest BCUT2D eigenvalue weighted by atomic mass is 10.3. The number of carboxylic acid groups (broad SMARTS) is 1. The van der Waals surface area contributed by atoms with Gasteiger partial charge in [0.15, 0.2) is 0 Å². The van der Waals surface area contributed by atoms with E-state index in [-0.39, 0.29) is 5.56 Å². The number of aromatic nitrogens is 1. The lowest BCUT2D eigenvalue weighted by Gasteiger charge is -2.05. The first-order chi connectivity index (χ1) is 9.06. The Bertz CT molecular complexity index is 603. The van der Waals surface area contributed by atoms with E-state index in [0.29, 0.717) is 11.5 Å². The quantitative estimate of drug-likeness (QED) is 0.801. The highest BCUT2D eigenvalue weighted by Gasteiger charge is 2.13. The number of carbonyl (C=O) groups is 2. The van der Waals surface area contributed by atoms with Gasteiger partial charge in [0.1, 0.15) is 5.00 Å². The summed E-state index contributed by atoms with van der Waals surface area (Å²) in [5, 5.41) is 16.1. The summed E-state index contributed by atoms with van der Waals surface area (Å²) in [7, 11) is 1.90. The summed E-state index contributed by atoms with van der Waals surface area (Å²) in [4.78, 5) is 22.5. The Labute approximate surface area is 113 Å². The van der Waals surface area contributed by atoms with Gasteiger partial charge in [-0.2, -0.15) is 0 Å². The van der Waals surface area contributed by atoms with Gasteiger partial charge in [-0.15, -0.1) is 11.3 Å². The molecule has 0 fully saturated rings. The minimum Gasteiger partial charge on any atom is -0.478 e. The Kier molecular flexibility index (Phi) is 3.86. The van der Waals surface area contributed by atoms with Gasteiger partial charge in [0, 0.05) is 26.0 Å². The second-order valence-electron chi connectivity index (χ2n) is 3.96. The van der Waals surface area contributed by atoms with E-state index in [1.807, 2.05) is 30.1 Å². The molecule has 0 atom stereocenters. The number of nitrogens with zero attached hydrogens (tertiary/aromatic N) is 1. The molecule has 2 rings (SSSR count). The van der Waals surface area contributed by atoms with Crippen molar-refractivity contribution >= 4 is 28.3 Å². The number of anilines is 1. The van der Waals surface area contributed by atoms with Crippen molar-refractivity contribution < 1.29 is 14.7 Å². The van der Waals surface area contributed by atoms with E-state index in [0.717, 1.165) is 5.56 Å². The van der Waals surface area contributed by atoms with Crippen LogP contribution in [0.15, 0.2) is 29.9 Å². The van der Waals surface area contributed by atoms with Crippen LogP contribution in [0, 0.1) is 0 Å². The average molecular weight is 279 g/mol. The van der Waals surface area contributed by atoms with Crippen LogP contribution >= 0.6 is 11.3 Å². The van der Waals surface area contributed by atoms with Crippen LogP contribution in [0.1, 0.15) is 15.9 Å². The fourth-order valence-electron chi connectivity index (χ4n) is 1.57. The predicted molar refractivity (Wildman–Crippen MR) is 72.5 cm³/mol. The maximum atomic E-state index is 11.7. The summed E-state index contributed by atoms with van der Waals surface area (Å²) in [6, 6.07) is 2.93. The fraction of sp³-hybridized carbons (Fsp3) is 0.167. The number of carboxylic acids is 1. The summed E-state index contributed by atoms with van der Waals surface area (Å²) in [5.74, 6) is -1.06. The summed E-state index contributed by atoms with van der Waals surface area (Å²) >= 11 is 1.18. The van der Waals surface area contributed by atoms with E-state index in [2.05, 4.69) is 10.6 Å². The SMILES string of the molecule is Cn1ccc(CNC(=O)Nc2sccc2C(=O)O)c1. The van der Waals surface area contributed by atoms with Crippen LogP contribution in [0.5, 0.6) is 0 Å². The van der Waals surface area contributed by atoms with Crippen molar-refractivity contribution in [2.75, 3.05) is 5.32 Å². The third kappa shape index (κ3) is 3.35. The number of urea groups is 1. The zero-order valence-corrected chi connectivity index (χ0v) is 11.0. The Hall–Kier alpha value is -2.28. The van der Waals surface area contributed by atoms with Crippen molar-refractivity contribution in [3.63, 3.8) is 0 Å². The van der Waals surface area contributed by atoms with Gasteiger partial charge in [-0.1, -0.05) is 0 Å². The normalized spacial score (nSPS) is 10.2. The van der Waals surface area contributed by atoms with Crippen molar-refractivity contribution in [1.82, 2.24) is 9.88 Å². The summed E-state index contributed by atoms with van der Waals surface area (Å²) < 4.78 is 1.89. The molecule has 2 amide bonds. The van der Waals surface area contributed by atoms with E-state index in [4.69, 9.17) is 5.11 Å². The predicted octanol–water partition coefficient (Wildman–Crippen LogP) is 2.11. The maximum absolute atomic E-state index is 11.7. The molecule has 0 aromatic carbocycles. The molecule has 2 aromatic rings. The Morgan fingerprint density at radius 1 is 1.42 bits per heavy atom. The summed E-state index contributed by atoms with van der Waals surface area (Å²) in [6.07, 6.45) is 3.78. The molecule has 2 heterocycles. The van der Waals surface area contributed by atoms with Crippen LogP contribution in [0.2, 0.25) is 0 Å². The molecule has 6 nitrogen and oxygen atoms in total. The van der Waals surface area contributed by atoms with E-state index < -0.39 is 12.0 Å². The van der Waals surface area contributed by atoms with E-state index >= 15 is 0 Å². The van der Waals surface area contributed by atoms with Gasteiger partial charge in [-0.3, -0.25) is 5.32 Å². The number of aromatic carboxylic acids is 1. The topological polar surface area (TPSA) is 83.4 Å². The molecule has 0 unspecified atom stereocenters. The van der Waals surface area contributed by atoms with Gasteiger partial charge in [0.05, 0.1) is 5.56 Å². The first-order valence-corrected chi connectivity index (χ1v) is 6.40. The van der Waals surface area contributed by atoms with E-state index in [1.54, 1.807) is 5.38 Å². The standard InChI is InChI=1S/C12H13N3O3S/c1-15-4-2-8(7-15)6-13-12(18)14-10-9(11(16)17)3-5-19-10/h2-5,7H,6H2,1H3,(H,16,17)(H2,13,14,18). The molecule has 100 valence electrons. The average Bonchev–Trinajstić information content (AvgIpc) is 2.95. The maximum Gasteiger partial charge on any atom is 0.338 e. The smallest absolute Gasteiger partial charge is 0.338 e. The fourth-order valence-corrected chi connectivity index (χ4v) is 2.34. The number of rotatable bonds is 4. The van der Waals surface area contributed by atoms with Crippen LogP contribution in [-0.2, 0) is 13.6 Å². The first-order valence-electron chi connectivity index (χ1n) is 5.53. The van der Waals surface area contributed by atoms with Gasteiger partial charge in [0.25, 0.3) is 0 Å². The zero-order chi connectivity index (χ0) is 13.8. The molecule has 0 saturated heterocycles. The molecule has 0 bridgehead atoms. The van der Waals surface area contributed by atoms with Gasteiger partial charge in [-0.25, -0.2) is 9.59 Å². The Morgan fingerprint density at radius 2 is 2.21 bits per heavy atom. The molecule has 3 N–H and O–H groups in total. The zero-order valence-electron chi connectivity index (χ0n) is 10.2. The molecule has 0 saturated carbocycles. The van der Waals surface area contributed by atoms with Crippen molar-refractivity contribution in [1.29, 1.82) is 0 Å².